The summed E-state index contributed by atoms with van der Waals surface area (Å²) in [5.74, 6) is -3.21. The van der Waals surface area contributed by atoms with Gasteiger partial charge in [-0.3, -0.25) is 14.4 Å². The Balaban J connectivity index is 2.31. The Kier molecular flexibility index (Phi) is 8.48. The average molecular weight is 357 g/mol. The first-order chi connectivity index (χ1) is 11.8. The molecule has 0 aliphatic rings. The summed E-state index contributed by atoms with van der Waals surface area (Å²) in [6.45, 7) is 2.39. The minimum absolute atomic E-state index is 0.0258. The van der Waals surface area contributed by atoms with Crippen LogP contribution in [0.2, 0.25) is 0 Å². The van der Waals surface area contributed by atoms with Gasteiger partial charge in [0.15, 0.2) is 24.7 Å². The van der Waals surface area contributed by atoms with Crippen LogP contribution in [0.15, 0.2) is 18.2 Å². The lowest BCUT2D eigenvalue weighted by Gasteiger charge is -2.13. The molecule has 0 aliphatic heterocycles. The van der Waals surface area contributed by atoms with Crippen molar-refractivity contribution in [1.29, 1.82) is 0 Å². The molecule has 7 nitrogen and oxygen atoms in total. The Morgan fingerprint density at radius 1 is 1.00 bits per heavy atom. The summed E-state index contributed by atoms with van der Waals surface area (Å²) >= 11 is 0. The maximum atomic E-state index is 13.0. The van der Waals surface area contributed by atoms with Crippen LogP contribution in [0.25, 0.3) is 0 Å². The van der Waals surface area contributed by atoms with Gasteiger partial charge in [-0.15, -0.1) is 0 Å². The molecular formula is C16H23F2N4O3+. The highest BCUT2D eigenvalue weighted by Gasteiger charge is 2.14. The third-order valence-corrected chi connectivity index (χ3v) is 3.15. The molecule has 3 amide bonds. The van der Waals surface area contributed by atoms with Crippen LogP contribution in [0, 0.1) is 11.6 Å². The van der Waals surface area contributed by atoms with E-state index in [0.29, 0.717) is 11.4 Å². The van der Waals surface area contributed by atoms with Crippen molar-refractivity contribution < 1.29 is 28.1 Å². The van der Waals surface area contributed by atoms with E-state index in [1.54, 1.807) is 7.05 Å². The summed E-state index contributed by atoms with van der Waals surface area (Å²) in [5, 5.41) is 7.46. The lowest BCUT2D eigenvalue weighted by Crippen LogP contribution is -3.11. The van der Waals surface area contributed by atoms with Crippen LogP contribution >= 0.6 is 0 Å². The van der Waals surface area contributed by atoms with Crippen molar-refractivity contribution in [2.75, 3.05) is 38.5 Å². The summed E-state index contributed by atoms with van der Waals surface area (Å²) in [6, 6.07) is 2.96. The molecule has 9 heteroatoms. The van der Waals surface area contributed by atoms with Crippen LogP contribution in [0.5, 0.6) is 0 Å². The van der Waals surface area contributed by atoms with E-state index in [1.807, 2.05) is 6.92 Å². The smallest absolute Gasteiger partial charge is 0.275 e. The molecule has 0 aliphatic carbocycles. The first-order valence-electron chi connectivity index (χ1n) is 7.91. The van der Waals surface area contributed by atoms with Crippen LogP contribution < -0.4 is 20.9 Å². The number of hydrogen-bond acceptors (Lipinski definition) is 3. The topological polar surface area (TPSA) is 91.7 Å². The first kappa shape index (κ1) is 20.5. The SMILES string of the molecule is CCCNC(=O)C[NH+](C)CC(=O)NCC(=O)Nc1ccc(F)c(F)c1. The van der Waals surface area contributed by atoms with Gasteiger partial charge in [0.05, 0.1) is 13.6 Å². The van der Waals surface area contributed by atoms with E-state index in [0.717, 1.165) is 18.6 Å². The molecule has 0 heterocycles. The van der Waals surface area contributed by atoms with Crippen LogP contribution in [-0.4, -0.2) is 50.9 Å². The minimum Gasteiger partial charge on any atom is -0.351 e. The molecule has 0 saturated heterocycles. The number of rotatable bonds is 9. The molecule has 0 saturated carbocycles. The van der Waals surface area contributed by atoms with Crippen molar-refractivity contribution in [3.05, 3.63) is 29.8 Å². The Morgan fingerprint density at radius 3 is 2.24 bits per heavy atom. The van der Waals surface area contributed by atoms with Gasteiger partial charge in [0.25, 0.3) is 11.8 Å². The fourth-order valence-electron chi connectivity index (χ4n) is 1.96. The van der Waals surface area contributed by atoms with E-state index >= 15 is 0 Å². The second kappa shape index (κ2) is 10.3. The Hall–Kier alpha value is -2.55. The van der Waals surface area contributed by atoms with Crippen molar-refractivity contribution in [2.24, 2.45) is 0 Å². The van der Waals surface area contributed by atoms with E-state index in [4.69, 9.17) is 0 Å². The van der Waals surface area contributed by atoms with Crippen LogP contribution in [-0.2, 0) is 14.4 Å². The molecule has 138 valence electrons. The monoisotopic (exact) mass is 357 g/mol. The molecule has 25 heavy (non-hydrogen) atoms. The number of likely N-dealkylation sites (N-methyl/N-ethyl adjacent to an activating group) is 1. The molecule has 1 aromatic carbocycles. The van der Waals surface area contributed by atoms with Gasteiger partial charge in [-0.1, -0.05) is 6.92 Å². The number of carbonyl (C=O) groups excluding carboxylic acids is 3. The number of benzene rings is 1. The molecular weight excluding hydrogens is 334 g/mol. The zero-order chi connectivity index (χ0) is 18.8. The van der Waals surface area contributed by atoms with Gasteiger partial charge in [-0.25, -0.2) is 8.78 Å². The van der Waals surface area contributed by atoms with Crippen molar-refractivity contribution in [3.63, 3.8) is 0 Å². The maximum absolute atomic E-state index is 13.0. The largest absolute Gasteiger partial charge is 0.351 e. The quantitative estimate of drug-likeness (QED) is 0.460. The molecule has 1 atom stereocenters. The lowest BCUT2D eigenvalue weighted by molar-refractivity contribution is -0.862. The van der Waals surface area contributed by atoms with E-state index in [2.05, 4.69) is 16.0 Å². The third kappa shape index (κ3) is 8.20. The van der Waals surface area contributed by atoms with Gasteiger partial charge < -0.3 is 20.9 Å². The van der Waals surface area contributed by atoms with Crippen LogP contribution in [0.4, 0.5) is 14.5 Å². The normalized spacial score (nSPS) is 11.5. The van der Waals surface area contributed by atoms with Gasteiger partial charge in [0.2, 0.25) is 5.91 Å². The van der Waals surface area contributed by atoms with Crippen molar-refractivity contribution in [2.45, 2.75) is 13.3 Å². The van der Waals surface area contributed by atoms with Gasteiger partial charge >= 0.3 is 0 Å². The summed E-state index contributed by atoms with van der Waals surface area (Å²) in [7, 11) is 1.69. The Morgan fingerprint density at radius 2 is 1.64 bits per heavy atom. The second-order valence-corrected chi connectivity index (χ2v) is 5.61. The predicted molar refractivity (Wildman–Crippen MR) is 87.9 cm³/mol. The lowest BCUT2D eigenvalue weighted by atomic mass is 10.3. The third-order valence-electron chi connectivity index (χ3n) is 3.15. The molecule has 1 rings (SSSR count). The van der Waals surface area contributed by atoms with Gasteiger partial charge in [-0.2, -0.15) is 0 Å². The summed E-state index contributed by atoms with van der Waals surface area (Å²) in [4.78, 5) is 35.6. The first-order valence-corrected chi connectivity index (χ1v) is 7.91. The maximum Gasteiger partial charge on any atom is 0.275 e. The average Bonchev–Trinajstić information content (AvgIpc) is 2.54. The fourth-order valence-corrected chi connectivity index (χ4v) is 1.96. The van der Waals surface area contributed by atoms with Crippen LogP contribution in [0.1, 0.15) is 13.3 Å². The molecule has 0 spiro atoms. The number of carbonyl (C=O) groups is 3. The zero-order valence-corrected chi connectivity index (χ0v) is 14.2. The van der Waals surface area contributed by atoms with Gasteiger partial charge in [0, 0.05) is 18.3 Å². The highest BCUT2D eigenvalue weighted by molar-refractivity contribution is 5.94. The number of quaternary nitrogens is 1. The molecule has 1 aromatic rings. The number of halogens is 2. The van der Waals surface area contributed by atoms with E-state index in [1.165, 1.54) is 6.07 Å². The Labute approximate surface area is 144 Å². The number of anilines is 1. The number of hydrogen-bond donors (Lipinski definition) is 4. The Bertz CT molecular complexity index is 625. The fraction of sp³-hybridized carbons (Fsp3) is 0.438. The molecule has 0 radical (unpaired) electrons. The predicted octanol–water partition coefficient (Wildman–Crippen LogP) is -0.940. The molecule has 0 aromatic heterocycles. The highest BCUT2D eigenvalue weighted by atomic mass is 19.2. The van der Waals surface area contributed by atoms with Gasteiger partial charge in [0.1, 0.15) is 0 Å². The summed E-state index contributed by atoms with van der Waals surface area (Å²) < 4.78 is 25.8. The van der Waals surface area contributed by atoms with E-state index in [-0.39, 0.29) is 31.2 Å². The standard InChI is InChI=1S/C16H22F2N4O3/c1-3-6-19-15(24)9-22(2)10-16(25)20-8-14(23)21-11-4-5-12(17)13(18)7-11/h4-5,7H,3,6,8-10H2,1-2H3,(H,19,24)(H,20,25)(H,21,23)/p+1. The zero-order valence-electron chi connectivity index (χ0n) is 14.2. The van der Waals surface area contributed by atoms with Crippen LogP contribution in [0.3, 0.4) is 0 Å². The van der Waals surface area contributed by atoms with Crippen molar-refractivity contribution in [1.82, 2.24) is 10.6 Å². The number of nitrogens with one attached hydrogen (secondary N) is 4. The van der Waals surface area contributed by atoms with Crippen molar-refractivity contribution in [3.8, 4) is 0 Å². The molecule has 0 fully saturated rings. The molecule has 1 unspecified atom stereocenters. The van der Waals surface area contributed by atoms with Crippen molar-refractivity contribution >= 4 is 23.4 Å². The molecule has 4 N–H and O–H groups in total. The summed E-state index contributed by atoms with van der Waals surface area (Å²) in [6.07, 6.45) is 0.832. The highest BCUT2D eigenvalue weighted by Crippen LogP contribution is 2.12. The van der Waals surface area contributed by atoms with E-state index in [9.17, 15) is 23.2 Å². The van der Waals surface area contributed by atoms with E-state index < -0.39 is 23.4 Å². The summed E-state index contributed by atoms with van der Waals surface area (Å²) in [5.41, 5.74) is 0.0912. The second-order valence-electron chi connectivity index (χ2n) is 5.61. The molecule has 0 bridgehead atoms. The van der Waals surface area contributed by atoms with Gasteiger partial charge in [-0.05, 0) is 18.6 Å². The number of amides is 3. The minimum atomic E-state index is -1.08.